The summed E-state index contributed by atoms with van der Waals surface area (Å²) in [5.41, 5.74) is 0. The molecule has 0 saturated heterocycles. The third kappa shape index (κ3) is 62.9. The van der Waals surface area contributed by atoms with Crippen LogP contribution in [0.5, 0.6) is 0 Å². The number of hydrogen-bond donors (Lipinski definition) is 0. The Balaban J connectivity index is -0.000000177. The zero-order chi connectivity index (χ0) is 11.1. The SMILES string of the molecule is O=C([O-])C=CC(=O)[O-].O=S(=O)([O-])[O-].[Pb]. The second kappa shape index (κ2) is 9.04. The molecule has 0 saturated carbocycles. The standard InChI is InChI=1S/C4H4O4.H2O4S.Pb/c5-3(6)1-2-4(7)8;1-5(2,3)4;/h1-2H,(H,5,6)(H,7,8);(H2,1,2,3,4);/p-4. The molecular formula is C4H2O8PbS-4. The summed E-state index contributed by atoms with van der Waals surface area (Å²) >= 11 is 0. The molecule has 0 aromatic heterocycles. The quantitative estimate of drug-likeness (QED) is 0.187. The first-order valence-electron chi connectivity index (χ1n) is 2.39. The van der Waals surface area contributed by atoms with Crippen LogP contribution in [0.1, 0.15) is 0 Å². The topological polar surface area (TPSA) is 161 Å². The number of hydrogen-bond acceptors (Lipinski definition) is 8. The second-order valence-corrected chi connectivity index (χ2v) is 2.20. The summed E-state index contributed by atoms with van der Waals surface area (Å²) in [6.07, 6.45) is 0.769. The van der Waals surface area contributed by atoms with Crippen LogP contribution in [0.2, 0.25) is 0 Å². The van der Waals surface area contributed by atoms with Gasteiger partial charge in [0.15, 0.2) is 0 Å². The van der Waals surface area contributed by atoms with Gasteiger partial charge < -0.3 is 28.9 Å². The zero-order valence-corrected chi connectivity index (χ0v) is 11.0. The summed E-state index contributed by atoms with van der Waals surface area (Å²) in [4.78, 5) is 18.8. The van der Waals surface area contributed by atoms with Crippen LogP contribution in [0.4, 0.5) is 0 Å². The molecule has 0 atom stereocenters. The Morgan fingerprint density at radius 1 is 0.929 bits per heavy atom. The van der Waals surface area contributed by atoms with E-state index in [1.807, 2.05) is 0 Å². The Morgan fingerprint density at radius 3 is 1.14 bits per heavy atom. The van der Waals surface area contributed by atoms with Crippen molar-refractivity contribution < 1.29 is 37.3 Å². The van der Waals surface area contributed by atoms with Gasteiger partial charge in [0.2, 0.25) is 0 Å². The maximum Gasteiger partial charge on any atom is 0.0643 e. The van der Waals surface area contributed by atoms with E-state index in [-0.39, 0.29) is 27.3 Å². The Labute approximate surface area is 99.0 Å². The number of aliphatic carboxylic acids is 2. The van der Waals surface area contributed by atoms with Crippen molar-refractivity contribution in [2.45, 2.75) is 0 Å². The molecular weight excluding hydrogens is 415 g/mol. The molecule has 0 aromatic rings. The van der Waals surface area contributed by atoms with E-state index >= 15 is 0 Å². The van der Waals surface area contributed by atoms with Gasteiger partial charge in [-0.25, -0.2) is 0 Å². The maximum atomic E-state index is 9.41. The van der Waals surface area contributed by atoms with Crippen molar-refractivity contribution in [2.24, 2.45) is 0 Å². The normalized spacial score (nSPS) is 9.57. The Hall–Kier alpha value is -0.528. The van der Waals surface area contributed by atoms with Crippen LogP contribution in [0.15, 0.2) is 12.2 Å². The molecule has 0 aliphatic carbocycles. The predicted octanol–water partition coefficient (Wildman–Crippen LogP) is -4.68. The molecule has 0 heterocycles. The number of carboxylic acid groups (broad SMARTS) is 2. The number of carboxylic acids is 2. The van der Waals surface area contributed by atoms with Crippen molar-refractivity contribution in [2.75, 3.05) is 0 Å². The molecule has 8 nitrogen and oxygen atoms in total. The van der Waals surface area contributed by atoms with Crippen molar-refractivity contribution in [3.8, 4) is 0 Å². The van der Waals surface area contributed by atoms with Crippen molar-refractivity contribution in [3.05, 3.63) is 12.2 Å². The third-order valence-corrected chi connectivity index (χ3v) is 0.355. The molecule has 4 radical (unpaired) electrons. The Bertz CT molecular complexity index is 279. The van der Waals surface area contributed by atoms with E-state index in [0.29, 0.717) is 12.2 Å². The Morgan fingerprint density at radius 2 is 1.07 bits per heavy atom. The van der Waals surface area contributed by atoms with Crippen LogP contribution < -0.4 is 10.2 Å². The number of rotatable bonds is 2. The van der Waals surface area contributed by atoms with Crippen LogP contribution in [0, 0.1) is 0 Å². The van der Waals surface area contributed by atoms with E-state index in [0.717, 1.165) is 0 Å². The summed E-state index contributed by atoms with van der Waals surface area (Å²) in [5.74, 6) is -3.09. The summed E-state index contributed by atoms with van der Waals surface area (Å²) in [7, 11) is -5.17. The number of carbonyl (C=O) groups is 2. The van der Waals surface area contributed by atoms with E-state index in [2.05, 4.69) is 0 Å². The minimum absolute atomic E-state index is 0. The minimum Gasteiger partial charge on any atom is -0.759 e. The van der Waals surface area contributed by atoms with Gasteiger partial charge >= 0.3 is 0 Å². The van der Waals surface area contributed by atoms with E-state index < -0.39 is 22.3 Å². The van der Waals surface area contributed by atoms with E-state index in [1.165, 1.54) is 0 Å². The van der Waals surface area contributed by atoms with Crippen LogP contribution in [0.3, 0.4) is 0 Å². The first-order valence-corrected chi connectivity index (χ1v) is 3.73. The molecule has 0 bridgehead atoms. The largest absolute Gasteiger partial charge is 0.759 e. The molecule has 0 amide bonds. The van der Waals surface area contributed by atoms with E-state index in [9.17, 15) is 19.8 Å². The molecule has 0 aromatic carbocycles. The van der Waals surface area contributed by atoms with Gasteiger partial charge in [0.1, 0.15) is 0 Å². The average Bonchev–Trinajstić information content (AvgIpc) is 1.79. The predicted molar refractivity (Wildman–Crippen MR) is 35.4 cm³/mol. The average molecular weight is 417 g/mol. The summed E-state index contributed by atoms with van der Waals surface area (Å²) in [6, 6.07) is 0. The van der Waals surface area contributed by atoms with Crippen LogP contribution >= 0.6 is 0 Å². The van der Waals surface area contributed by atoms with Crippen LogP contribution in [0.25, 0.3) is 0 Å². The van der Waals surface area contributed by atoms with Gasteiger partial charge in [-0.2, -0.15) is 0 Å². The van der Waals surface area contributed by atoms with Crippen molar-refractivity contribution in [1.29, 1.82) is 0 Å². The fourth-order valence-corrected chi connectivity index (χ4v) is 0.136. The molecule has 0 spiro atoms. The molecule has 14 heavy (non-hydrogen) atoms. The smallest absolute Gasteiger partial charge is 0.0643 e. The molecule has 0 rings (SSSR count). The fourth-order valence-electron chi connectivity index (χ4n) is 0.136. The molecule has 0 N–H and O–H groups in total. The molecule has 0 fully saturated rings. The third-order valence-electron chi connectivity index (χ3n) is 0.355. The van der Waals surface area contributed by atoms with Gasteiger partial charge in [0.25, 0.3) is 0 Å². The van der Waals surface area contributed by atoms with E-state index in [4.69, 9.17) is 17.5 Å². The van der Waals surface area contributed by atoms with Crippen molar-refractivity contribution in [1.82, 2.24) is 0 Å². The van der Waals surface area contributed by atoms with Gasteiger partial charge in [-0.3, -0.25) is 8.42 Å². The maximum absolute atomic E-state index is 9.41. The van der Waals surface area contributed by atoms with Crippen LogP contribution in [-0.2, 0) is 20.0 Å². The summed E-state index contributed by atoms with van der Waals surface area (Å²) in [6.45, 7) is 0. The monoisotopic (exact) mass is 418 g/mol. The summed E-state index contributed by atoms with van der Waals surface area (Å²) < 4.78 is 34.1. The van der Waals surface area contributed by atoms with E-state index in [1.54, 1.807) is 0 Å². The van der Waals surface area contributed by atoms with Gasteiger partial charge in [-0.05, 0) is 12.2 Å². The van der Waals surface area contributed by atoms with Gasteiger partial charge in [-0.1, -0.05) is 0 Å². The molecule has 0 aliphatic heterocycles. The molecule has 0 unspecified atom stereocenters. The first-order chi connectivity index (χ1) is 5.63. The molecule has 80 valence electrons. The minimum atomic E-state index is -5.17. The second-order valence-electron chi connectivity index (χ2n) is 1.38. The Kier molecular flexibility index (Phi) is 12.3. The van der Waals surface area contributed by atoms with Gasteiger partial charge in [-0.15, -0.1) is 0 Å². The fraction of sp³-hybridized carbons (Fsp3) is 0. The first kappa shape index (κ1) is 19.1. The van der Waals surface area contributed by atoms with Crippen LogP contribution in [-0.4, -0.2) is 56.8 Å². The zero-order valence-electron chi connectivity index (χ0n) is 6.33. The van der Waals surface area contributed by atoms with Crippen molar-refractivity contribution in [3.63, 3.8) is 0 Å². The summed E-state index contributed by atoms with van der Waals surface area (Å²) in [5, 5.41) is 18.8. The molecule has 0 aliphatic rings. The molecule has 10 heteroatoms. The van der Waals surface area contributed by atoms with Crippen molar-refractivity contribution >= 4 is 49.6 Å². The van der Waals surface area contributed by atoms with Gasteiger partial charge in [0.05, 0.1) is 11.9 Å². The van der Waals surface area contributed by atoms with Gasteiger partial charge in [0, 0.05) is 37.7 Å². The number of carbonyl (C=O) groups excluding carboxylic acids is 2.